The standard InChI is InChI=1S/C15H18ClN3S/c1-11-7-8-13(20-11)10-19-15(17-2)18-9-12-5-3-4-6-14(12)16/h3-8H,9-10H2,1-2H3,(H2,17,18,19). The lowest BCUT2D eigenvalue weighted by atomic mass is 10.2. The number of halogens is 1. The number of aryl methyl sites for hydroxylation is 1. The van der Waals surface area contributed by atoms with Gasteiger partial charge in [-0.2, -0.15) is 0 Å². The molecule has 1 aromatic heterocycles. The molecule has 0 atom stereocenters. The second kappa shape index (κ2) is 7.31. The van der Waals surface area contributed by atoms with E-state index >= 15 is 0 Å². The van der Waals surface area contributed by atoms with E-state index in [4.69, 9.17) is 11.6 Å². The number of hydrogen-bond acceptors (Lipinski definition) is 2. The van der Waals surface area contributed by atoms with Crippen LogP contribution in [0.25, 0.3) is 0 Å². The lowest BCUT2D eigenvalue weighted by Crippen LogP contribution is -2.36. The predicted octanol–water partition coefficient (Wildman–Crippen LogP) is 3.58. The molecule has 2 aromatic rings. The van der Waals surface area contributed by atoms with Gasteiger partial charge >= 0.3 is 0 Å². The van der Waals surface area contributed by atoms with Crippen molar-refractivity contribution in [2.24, 2.45) is 4.99 Å². The number of nitrogens with zero attached hydrogens (tertiary/aromatic N) is 1. The maximum atomic E-state index is 6.13. The zero-order valence-corrected chi connectivity index (χ0v) is 13.2. The average Bonchev–Trinajstić information content (AvgIpc) is 2.86. The van der Waals surface area contributed by atoms with Crippen molar-refractivity contribution < 1.29 is 0 Å². The summed E-state index contributed by atoms with van der Waals surface area (Å²) in [6, 6.07) is 12.1. The normalized spacial score (nSPS) is 11.4. The van der Waals surface area contributed by atoms with E-state index in [1.165, 1.54) is 9.75 Å². The van der Waals surface area contributed by atoms with Crippen LogP contribution in [-0.2, 0) is 13.1 Å². The second-order valence-electron chi connectivity index (χ2n) is 4.38. The molecule has 0 amide bonds. The van der Waals surface area contributed by atoms with Crippen LogP contribution in [0, 0.1) is 6.92 Å². The number of rotatable bonds is 4. The van der Waals surface area contributed by atoms with Crippen LogP contribution in [0.3, 0.4) is 0 Å². The van der Waals surface area contributed by atoms with Gasteiger partial charge in [0, 0.05) is 28.4 Å². The quantitative estimate of drug-likeness (QED) is 0.669. The van der Waals surface area contributed by atoms with Crippen molar-refractivity contribution in [2.45, 2.75) is 20.0 Å². The summed E-state index contributed by atoms with van der Waals surface area (Å²) < 4.78 is 0. The fraction of sp³-hybridized carbons (Fsp3) is 0.267. The van der Waals surface area contributed by atoms with Crippen molar-refractivity contribution in [3.63, 3.8) is 0 Å². The first-order valence-corrected chi connectivity index (χ1v) is 7.61. The fourth-order valence-corrected chi connectivity index (χ4v) is 2.82. The maximum Gasteiger partial charge on any atom is 0.191 e. The number of aliphatic imine (C=N–C) groups is 1. The average molecular weight is 308 g/mol. The van der Waals surface area contributed by atoms with Gasteiger partial charge in [-0.1, -0.05) is 29.8 Å². The molecular formula is C15H18ClN3S. The van der Waals surface area contributed by atoms with Crippen LogP contribution in [0.1, 0.15) is 15.3 Å². The summed E-state index contributed by atoms with van der Waals surface area (Å²) in [7, 11) is 1.77. The molecular weight excluding hydrogens is 290 g/mol. The van der Waals surface area contributed by atoms with E-state index in [0.717, 1.165) is 23.1 Å². The molecule has 1 heterocycles. The van der Waals surface area contributed by atoms with Gasteiger partial charge in [-0.15, -0.1) is 11.3 Å². The van der Waals surface area contributed by atoms with E-state index in [1.54, 1.807) is 18.4 Å². The molecule has 2 N–H and O–H groups in total. The lowest BCUT2D eigenvalue weighted by molar-refractivity contribution is 0.815. The van der Waals surface area contributed by atoms with E-state index in [2.05, 4.69) is 34.7 Å². The molecule has 0 fully saturated rings. The van der Waals surface area contributed by atoms with Gasteiger partial charge in [0.1, 0.15) is 0 Å². The van der Waals surface area contributed by atoms with Crippen molar-refractivity contribution in [2.75, 3.05) is 7.05 Å². The van der Waals surface area contributed by atoms with Crippen LogP contribution in [-0.4, -0.2) is 13.0 Å². The SMILES string of the molecule is CN=C(NCc1ccc(C)s1)NCc1ccccc1Cl. The number of nitrogens with one attached hydrogen (secondary N) is 2. The molecule has 2 rings (SSSR count). The van der Waals surface area contributed by atoms with Crippen LogP contribution < -0.4 is 10.6 Å². The topological polar surface area (TPSA) is 36.4 Å². The van der Waals surface area contributed by atoms with E-state index in [1.807, 2.05) is 24.3 Å². The van der Waals surface area contributed by atoms with Crippen LogP contribution in [0.15, 0.2) is 41.4 Å². The molecule has 0 aliphatic carbocycles. The molecule has 1 aromatic carbocycles. The Morgan fingerprint density at radius 2 is 1.90 bits per heavy atom. The molecule has 20 heavy (non-hydrogen) atoms. The van der Waals surface area contributed by atoms with Crippen molar-refractivity contribution in [3.05, 3.63) is 56.7 Å². The number of hydrogen-bond donors (Lipinski definition) is 2. The van der Waals surface area contributed by atoms with Gasteiger partial charge in [0.15, 0.2) is 5.96 Å². The van der Waals surface area contributed by atoms with Crippen LogP contribution in [0.2, 0.25) is 5.02 Å². The molecule has 0 saturated heterocycles. The van der Waals surface area contributed by atoms with Gasteiger partial charge in [0.05, 0.1) is 6.54 Å². The highest BCUT2D eigenvalue weighted by Gasteiger charge is 2.02. The molecule has 0 bridgehead atoms. The Morgan fingerprint density at radius 3 is 2.55 bits per heavy atom. The summed E-state index contributed by atoms with van der Waals surface area (Å²) in [5.74, 6) is 0.774. The zero-order chi connectivity index (χ0) is 14.4. The Hall–Kier alpha value is -1.52. The smallest absolute Gasteiger partial charge is 0.191 e. The van der Waals surface area contributed by atoms with Gasteiger partial charge in [-0.25, -0.2) is 0 Å². The molecule has 0 radical (unpaired) electrons. The summed E-state index contributed by atoms with van der Waals surface area (Å²) in [5, 5.41) is 7.33. The highest BCUT2D eigenvalue weighted by Crippen LogP contribution is 2.15. The van der Waals surface area contributed by atoms with Gasteiger partial charge in [-0.3, -0.25) is 4.99 Å². The number of benzene rings is 1. The molecule has 3 nitrogen and oxygen atoms in total. The first-order valence-electron chi connectivity index (χ1n) is 6.42. The summed E-state index contributed by atoms with van der Waals surface area (Å²) in [6.45, 7) is 3.54. The largest absolute Gasteiger partial charge is 0.352 e. The third kappa shape index (κ3) is 4.25. The first-order chi connectivity index (χ1) is 9.69. The number of thiophene rings is 1. The minimum absolute atomic E-state index is 0.656. The van der Waals surface area contributed by atoms with Gasteiger partial charge in [-0.05, 0) is 30.7 Å². The lowest BCUT2D eigenvalue weighted by Gasteiger charge is -2.12. The predicted molar refractivity (Wildman–Crippen MR) is 87.5 cm³/mol. The zero-order valence-electron chi connectivity index (χ0n) is 11.6. The molecule has 0 unspecified atom stereocenters. The van der Waals surface area contributed by atoms with Crippen molar-refractivity contribution in [1.29, 1.82) is 0 Å². The van der Waals surface area contributed by atoms with Gasteiger partial charge in [0.2, 0.25) is 0 Å². The van der Waals surface area contributed by atoms with E-state index < -0.39 is 0 Å². The van der Waals surface area contributed by atoms with E-state index in [-0.39, 0.29) is 0 Å². The van der Waals surface area contributed by atoms with Crippen molar-refractivity contribution >= 4 is 28.9 Å². The van der Waals surface area contributed by atoms with Gasteiger partial charge in [0.25, 0.3) is 0 Å². The summed E-state index contributed by atoms with van der Waals surface area (Å²) in [6.07, 6.45) is 0. The van der Waals surface area contributed by atoms with Crippen LogP contribution >= 0.6 is 22.9 Å². The highest BCUT2D eigenvalue weighted by molar-refractivity contribution is 7.11. The minimum atomic E-state index is 0.656. The van der Waals surface area contributed by atoms with Crippen LogP contribution in [0.4, 0.5) is 0 Å². The summed E-state index contributed by atoms with van der Waals surface area (Å²) in [5.41, 5.74) is 1.06. The van der Waals surface area contributed by atoms with E-state index in [9.17, 15) is 0 Å². The summed E-state index contributed by atoms with van der Waals surface area (Å²) in [4.78, 5) is 6.83. The molecule has 0 spiro atoms. The Bertz CT molecular complexity index is 592. The monoisotopic (exact) mass is 307 g/mol. The minimum Gasteiger partial charge on any atom is -0.352 e. The summed E-state index contributed by atoms with van der Waals surface area (Å²) >= 11 is 7.92. The Kier molecular flexibility index (Phi) is 5.44. The molecule has 0 aliphatic rings. The highest BCUT2D eigenvalue weighted by atomic mass is 35.5. The van der Waals surface area contributed by atoms with Crippen LogP contribution in [0.5, 0.6) is 0 Å². The molecule has 106 valence electrons. The van der Waals surface area contributed by atoms with E-state index in [0.29, 0.717) is 6.54 Å². The first kappa shape index (κ1) is 14.9. The molecule has 0 saturated carbocycles. The Morgan fingerprint density at radius 1 is 1.15 bits per heavy atom. The maximum absolute atomic E-state index is 6.13. The third-order valence-electron chi connectivity index (χ3n) is 2.85. The Balaban J connectivity index is 1.85. The fourth-order valence-electron chi connectivity index (χ4n) is 1.79. The van der Waals surface area contributed by atoms with Crippen molar-refractivity contribution in [1.82, 2.24) is 10.6 Å². The molecule has 0 aliphatic heterocycles. The van der Waals surface area contributed by atoms with Gasteiger partial charge < -0.3 is 10.6 Å². The third-order valence-corrected chi connectivity index (χ3v) is 4.22. The number of guanidine groups is 1. The Labute approximate surface area is 128 Å². The second-order valence-corrected chi connectivity index (χ2v) is 6.16. The molecule has 5 heteroatoms. The van der Waals surface area contributed by atoms with Crippen molar-refractivity contribution in [3.8, 4) is 0 Å².